The van der Waals surface area contributed by atoms with Crippen molar-refractivity contribution in [3.8, 4) is 0 Å². The van der Waals surface area contributed by atoms with Crippen LogP contribution in [0.4, 0.5) is 0 Å². The number of rotatable bonds is 2. The van der Waals surface area contributed by atoms with Crippen molar-refractivity contribution in [3.05, 3.63) is 47.6 Å². The van der Waals surface area contributed by atoms with Crippen LogP contribution in [0.15, 0.2) is 47.6 Å². The lowest BCUT2D eigenvalue weighted by Gasteiger charge is -2.34. The summed E-state index contributed by atoms with van der Waals surface area (Å²) in [5.41, 5.74) is 3.09. The number of allylic oxidation sites excluding steroid dienone is 8. The minimum atomic E-state index is 0.294. The molecule has 0 amide bonds. The average Bonchev–Trinajstić information content (AvgIpc) is 2.74. The molecule has 0 saturated heterocycles. The van der Waals surface area contributed by atoms with Crippen molar-refractivity contribution < 1.29 is 0 Å². The SMILES string of the molecule is CC1=CC(C(C)(C)C2C=CC(C)=C2)C=C1. The van der Waals surface area contributed by atoms with Crippen molar-refractivity contribution in [2.75, 3.05) is 0 Å². The Bertz CT molecular complexity index is 339. The van der Waals surface area contributed by atoms with Gasteiger partial charge < -0.3 is 0 Å². The highest BCUT2D eigenvalue weighted by Gasteiger charge is 2.34. The third-order valence-electron chi connectivity index (χ3n) is 3.74. The Morgan fingerprint density at radius 3 is 1.53 bits per heavy atom. The highest BCUT2D eigenvalue weighted by Crippen LogP contribution is 2.43. The van der Waals surface area contributed by atoms with E-state index < -0.39 is 0 Å². The molecule has 0 heteroatoms. The Kier molecular flexibility index (Phi) is 2.46. The van der Waals surface area contributed by atoms with Crippen LogP contribution in [0.3, 0.4) is 0 Å². The van der Waals surface area contributed by atoms with Gasteiger partial charge in [-0.25, -0.2) is 0 Å². The van der Waals surface area contributed by atoms with Crippen LogP contribution in [0, 0.1) is 17.3 Å². The molecule has 0 radical (unpaired) electrons. The highest BCUT2D eigenvalue weighted by molar-refractivity contribution is 5.34. The standard InChI is InChI=1S/C15H20/c1-11-5-7-13(9-11)15(3,4)14-8-6-12(2)10-14/h5-10,13-14H,1-4H3. The van der Waals surface area contributed by atoms with E-state index in [9.17, 15) is 0 Å². The fourth-order valence-corrected chi connectivity index (χ4v) is 2.45. The predicted molar refractivity (Wildman–Crippen MR) is 66.6 cm³/mol. The second-order valence-corrected chi connectivity index (χ2v) is 5.41. The number of hydrogen-bond acceptors (Lipinski definition) is 0. The van der Waals surface area contributed by atoms with Crippen LogP contribution in [0.1, 0.15) is 27.7 Å². The molecule has 0 N–H and O–H groups in total. The summed E-state index contributed by atoms with van der Waals surface area (Å²) in [5, 5.41) is 0. The Hall–Kier alpha value is -1.04. The summed E-state index contributed by atoms with van der Waals surface area (Å²) in [4.78, 5) is 0. The summed E-state index contributed by atoms with van der Waals surface area (Å²) in [5.74, 6) is 1.16. The van der Waals surface area contributed by atoms with E-state index in [0.29, 0.717) is 17.3 Å². The molecule has 0 aromatic rings. The third-order valence-corrected chi connectivity index (χ3v) is 3.74. The van der Waals surface area contributed by atoms with Crippen molar-refractivity contribution >= 4 is 0 Å². The van der Waals surface area contributed by atoms with Gasteiger partial charge in [-0.1, -0.05) is 61.4 Å². The van der Waals surface area contributed by atoms with Crippen molar-refractivity contribution in [1.82, 2.24) is 0 Å². The van der Waals surface area contributed by atoms with Gasteiger partial charge >= 0.3 is 0 Å². The maximum absolute atomic E-state index is 2.38. The van der Waals surface area contributed by atoms with Crippen LogP contribution in [0.25, 0.3) is 0 Å². The summed E-state index contributed by atoms with van der Waals surface area (Å²) in [6.45, 7) is 9.08. The molecule has 0 aliphatic heterocycles. The Labute approximate surface area is 93.1 Å². The Morgan fingerprint density at radius 1 is 0.867 bits per heavy atom. The van der Waals surface area contributed by atoms with E-state index >= 15 is 0 Å². The van der Waals surface area contributed by atoms with E-state index in [4.69, 9.17) is 0 Å². The lowest BCUT2D eigenvalue weighted by Crippen LogP contribution is -2.27. The van der Waals surface area contributed by atoms with Crippen LogP contribution in [0.5, 0.6) is 0 Å². The van der Waals surface area contributed by atoms with Gasteiger partial charge in [-0.05, 0) is 19.3 Å². The van der Waals surface area contributed by atoms with Gasteiger partial charge in [-0.2, -0.15) is 0 Å². The van der Waals surface area contributed by atoms with Gasteiger partial charge in [-0.15, -0.1) is 0 Å². The molecule has 80 valence electrons. The van der Waals surface area contributed by atoms with E-state index in [1.807, 2.05) is 0 Å². The van der Waals surface area contributed by atoms with Crippen molar-refractivity contribution in [3.63, 3.8) is 0 Å². The maximum atomic E-state index is 2.38. The van der Waals surface area contributed by atoms with Gasteiger partial charge in [0.25, 0.3) is 0 Å². The van der Waals surface area contributed by atoms with E-state index in [0.717, 1.165) is 0 Å². The molecule has 0 heterocycles. The van der Waals surface area contributed by atoms with Crippen molar-refractivity contribution in [2.24, 2.45) is 17.3 Å². The van der Waals surface area contributed by atoms with E-state index in [1.165, 1.54) is 11.1 Å². The monoisotopic (exact) mass is 200 g/mol. The minimum absolute atomic E-state index is 0.294. The summed E-state index contributed by atoms with van der Waals surface area (Å²) < 4.78 is 0. The van der Waals surface area contributed by atoms with Crippen LogP contribution in [-0.2, 0) is 0 Å². The molecular formula is C15H20. The molecule has 2 atom stereocenters. The average molecular weight is 200 g/mol. The van der Waals surface area contributed by atoms with Gasteiger partial charge in [0.15, 0.2) is 0 Å². The summed E-state index contributed by atoms with van der Waals surface area (Å²) >= 11 is 0. The second kappa shape index (κ2) is 3.52. The van der Waals surface area contributed by atoms with E-state index in [-0.39, 0.29) is 0 Å². The first-order valence-corrected chi connectivity index (χ1v) is 5.73. The van der Waals surface area contributed by atoms with Crippen LogP contribution < -0.4 is 0 Å². The Morgan fingerprint density at radius 2 is 1.27 bits per heavy atom. The minimum Gasteiger partial charge on any atom is -0.0768 e. The molecule has 0 spiro atoms. The molecule has 0 fully saturated rings. The smallest absolute Gasteiger partial charge is 0.00153 e. The van der Waals surface area contributed by atoms with Gasteiger partial charge in [0, 0.05) is 11.8 Å². The summed E-state index contributed by atoms with van der Waals surface area (Å²) in [6, 6.07) is 0. The van der Waals surface area contributed by atoms with Crippen LogP contribution in [0.2, 0.25) is 0 Å². The van der Waals surface area contributed by atoms with Crippen LogP contribution >= 0.6 is 0 Å². The molecule has 2 unspecified atom stereocenters. The third kappa shape index (κ3) is 1.86. The van der Waals surface area contributed by atoms with Gasteiger partial charge in [-0.3, -0.25) is 0 Å². The van der Waals surface area contributed by atoms with Gasteiger partial charge in [0.05, 0.1) is 0 Å². The molecule has 0 nitrogen and oxygen atoms in total. The maximum Gasteiger partial charge on any atom is 0.00153 e. The first-order valence-electron chi connectivity index (χ1n) is 5.73. The summed E-state index contributed by atoms with van der Waals surface area (Å²) in [6.07, 6.45) is 13.9. The molecule has 0 aromatic carbocycles. The molecule has 0 bridgehead atoms. The first kappa shape index (κ1) is 10.5. The second-order valence-electron chi connectivity index (χ2n) is 5.41. The molecule has 2 aliphatic rings. The van der Waals surface area contributed by atoms with Crippen LogP contribution in [-0.4, -0.2) is 0 Å². The normalized spacial score (nSPS) is 29.6. The van der Waals surface area contributed by atoms with E-state index in [1.54, 1.807) is 0 Å². The van der Waals surface area contributed by atoms with E-state index in [2.05, 4.69) is 64.2 Å². The fraction of sp³-hybridized carbons (Fsp3) is 0.467. The quantitative estimate of drug-likeness (QED) is 0.624. The first-order chi connectivity index (χ1) is 7.00. The fourth-order valence-electron chi connectivity index (χ4n) is 2.45. The Balaban J connectivity index is 2.21. The lowest BCUT2D eigenvalue weighted by molar-refractivity contribution is 0.252. The highest BCUT2D eigenvalue weighted by atomic mass is 14.4. The molecular weight excluding hydrogens is 180 g/mol. The van der Waals surface area contributed by atoms with Gasteiger partial charge in [0.1, 0.15) is 0 Å². The lowest BCUT2D eigenvalue weighted by atomic mass is 9.70. The molecule has 0 saturated carbocycles. The predicted octanol–water partition coefficient (Wildman–Crippen LogP) is 4.28. The zero-order valence-corrected chi connectivity index (χ0v) is 10.1. The van der Waals surface area contributed by atoms with Gasteiger partial charge in [0.2, 0.25) is 0 Å². The zero-order chi connectivity index (χ0) is 11.1. The molecule has 0 aromatic heterocycles. The summed E-state index contributed by atoms with van der Waals surface area (Å²) in [7, 11) is 0. The van der Waals surface area contributed by atoms with Crippen molar-refractivity contribution in [1.29, 1.82) is 0 Å². The number of hydrogen-bond donors (Lipinski definition) is 0. The largest absolute Gasteiger partial charge is 0.0768 e. The zero-order valence-electron chi connectivity index (χ0n) is 10.1. The van der Waals surface area contributed by atoms with Crippen molar-refractivity contribution in [2.45, 2.75) is 27.7 Å². The molecule has 2 rings (SSSR count). The topological polar surface area (TPSA) is 0 Å². The molecule has 2 aliphatic carbocycles. The molecule has 15 heavy (non-hydrogen) atoms.